The quantitative estimate of drug-likeness (QED) is 0.792. The number of hydrogen-bond donors (Lipinski definition) is 1. The van der Waals surface area contributed by atoms with Crippen LogP contribution in [-0.4, -0.2) is 24.5 Å². The molecule has 19 heavy (non-hydrogen) atoms. The molecule has 1 aromatic carbocycles. The molecular weight excluding hydrogens is 239 g/mol. The van der Waals surface area contributed by atoms with Gasteiger partial charge >= 0.3 is 6.09 Å². The second-order valence-electron chi connectivity index (χ2n) is 5.55. The van der Waals surface area contributed by atoms with Crippen molar-refractivity contribution in [2.45, 2.75) is 26.4 Å². The molecule has 0 spiro atoms. The molecule has 2 aromatic rings. The molecule has 0 saturated carbocycles. The van der Waals surface area contributed by atoms with Crippen molar-refractivity contribution in [1.29, 1.82) is 0 Å². The molecule has 1 N–H and O–H groups in total. The van der Waals surface area contributed by atoms with Gasteiger partial charge in [0.2, 0.25) is 0 Å². The van der Waals surface area contributed by atoms with Crippen molar-refractivity contribution in [1.82, 2.24) is 4.98 Å². The number of carbonyl (C=O) groups is 1. The average molecular weight is 256 g/mol. The molecule has 0 aliphatic rings. The Morgan fingerprint density at radius 3 is 2.74 bits per heavy atom. The summed E-state index contributed by atoms with van der Waals surface area (Å²) in [6.45, 7) is 5.48. The summed E-state index contributed by atoms with van der Waals surface area (Å²) in [5.41, 5.74) is 2.18. The highest BCUT2D eigenvalue weighted by Crippen LogP contribution is 2.16. The van der Waals surface area contributed by atoms with Crippen molar-refractivity contribution in [2.24, 2.45) is 0 Å². The maximum Gasteiger partial charge on any atom is 0.412 e. The number of ether oxygens (including phenoxy) is 1. The van der Waals surface area contributed by atoms with Crippen LogP contribution in [0.3, 0.4) is 0 Å². The molecule has 0 saturated heterocycles. The standard InChI is InChI=1S/C14H17BN2O2/c1-14(2,3)19-13(18)17-11-7-9-6-10(15)4-5-12(9)16-8-11/h4-8H,15H2,1-3H3,(H,17,18). The van der Waals surface area contributed by atoms with Crippen molar-refractivity contribution in [3.8, 4) is 0 Å². The Labute approximate surface area is 113 Å². The molecule has 0 radical (unpaired) electrons. The summed E-state index contributed by atoms with van der Waals surface area (Å²) in [6, 6.07) is 7.89. The predicted octanol–water partition coefficient (Wildman–Crippen LogP) is 1.84. The van der Waals surface area contributed by atoms with Gasteiger partial charge in [-0.2, -0.15) is 0 Å². The van der Waals surface area contributed by atoms with Crippen LogP contribution in [-0.2, 0) is 4.74 Å². The zero-order valence-electron chi connectivity index (χ0n) is 11.7. The first kappa shape index (κ1) is 13.4. The third kappa shape index (κ3) is 3.71. The SMILES string of the molecule is Bc1ccc2ncc(NC(=O)OC(C)(C)C)cc2c1. The van der Waals surface area contributed by atoms with Gasteiger partial charge in [-0.3, -0.25) is 10.3 Å². The van der Waals surface area contributed by atoms with Crippen LogP contribution >= 0.6 is 0 Å². The molecule has 5 heteroatoms. The predicted molar refractivity (Wildman–Crippen MR) is 79.8 cm³/mol. The van der Waals surface area contributed by atoms with E-state index in [2.05, 4.69) is 10.3 Å². The fourth-order valence-corrected chi connectivity index (χ4v) is 1.74. The lowest BCUT2D eigenvalue weighted by molar-refractivity contribution is 0.0636. The summed E-state index contributed by atoms with van der Waals surface area (Å²) in [5.74, 6) is 0. The van der Waals surface area contributed by atoms with Crippen molar-refractivity contribution >= 4 is 36.0 Å². The largest absolute Gasteiger partial charge is 0.444 e. The van der Waals surface area contributed by atoms with E-state index in [0.29, 0.717) is 5.69 Å². The Bertz CT molecular complexity index is 620. The van der Waals surface area contributed by atoms with Crippen LogP contribution in [0.15, 0.2) is 30.5 Å². The zero-order chi connectivity index (χ0) is 14.0. The van der Waals surface area contributed by atoms with Crippen LogP contribution < -0.4 is 10.8 Å². The lowest BCUT2D eigenvalue weighted by Gasteiger charge is -2.19. The van der Waals surface area contributed by atoms with Gasteiger partial charge in [0.15, 0.2) is 0 Å². The summed E-state index contributed by atoms with van der Waals surface area (Å²) in [7, 11) is 2.02. The maximum atomic E-state index is 11.7. The number of hydrogen-bond acceptors (Lipinski definition) is 3. The summed E-state index contributed by atoms with van der Waals surface area (Å²) < 4.78 is 5.20. The molecule has 0 bridgehead atoms. The molecule has 1 heterocycles. The number of amides is 1. The number of nitrogens with zero attached hydrogens (tertiary/aromatic N) is 1. The lowest BCUT2D eigenvalue weighted by atomic mass is 9.95. The van der Waals surface area contributed by atoms with E-state index in [1.165, 1.54) is 0 Å². The average Bonchev–Trinajstić information content (AvgIpc) is 2.25. The zero-order valence-corrected chi connectivity index (χ0v) is 11.7. The minimum absolute atomic E-state index is 0.471. The molecule has 0 aliphatic heterocycles. The number of fused-ring (bicyclic) bond motifs is 1. The van der Waals surface area contributed by atoms with Crippen LogP contribution in [0.4, 0.5) is 10.5 Å². The Morgan fingerprint density at radius 1 is 1.32 bits per heavy atom. The lowest BCUT2D eigenvalue weighted by Crippen LogP contribution is -2.27. The number of benzene rings is 1. The van der Waals surface area contributed by atoms with Crippen molar-refractivity contribution in [2.75, 3.05) is 5.32 Å². The third-order valence-electron chi connectivity index (χ3n) is 2.48. The molecule has 1 amide bonds. The third-order valence-corrected chi connectivity index (χ3v) is 2.48. The first-order valence-electron chi connectivity index (χ1n) is 6.20. The normalized spacial score (nSPS) is 11.3. The molecule has 0 unspecified atom stereocenters. The van der Waals surface area contributed by atoms with Gasteiger partial charge in [0.1, 0.15) is 13.4 Å². The Kier molecular flexibility index (Phi) is 3.47. The fourth-order valence-electron chi connectivity index (χ4n) is 1.74. The second kappa shape index (κ2) is 4.92. The highest BCUT2D eigenvalue weighted by atomic mass is 16.6. The van der Waals surface area contributed by atoms with Gasteiger partial charge in [-0.05, 0) is 32.9 Å². The molecule has 0 fully saturated rings. The van der Waals surface area contributed by atoms with Gasteiger partial charge in [-0.25, -0.2) is 4.79 Å². The van der Waals surface area contributed by atoms with Gasteiger partial charge in [0.05, 0.1) is 17.4 Å². The first-order chi connectivity index (χ1) is 8.83. The number of nitrogens with one attached hydrogen (secondary N) is 1. The summed E-state index contributed by atoms with van der Waals surface area (Å²) in [5, 5.41) is 3.68. The van der Waals surface area contributed by atoms with Crippen molar-refractivity contribution in [3.63, 3.8) is 0 Å². The second-order valence-corrected chi connectivity index (χ2v) is 5.55. The summed E-state index contributed by atoms with van der Waals surface area (Å²) >= 11 is 0. The van der Waals surface area contributed by atoms with Gasteiger partial charge in [-0.1, -0.05) is 17.6 Å². The molecule has 0 atom stereocenters. The summed E-state index contributed by atoms with van der Waals surface area (Å²) in [6.07, 6.45) is 1.16. The van der Waals surface area contributed by atoms with Crippen LogP contribution in [0.25, 0.3) is 10.9 Å². The number of aromatic nitrogens is 1. The topological polar surface area (TPSA) is 51.2 Å². The van der Waals surface area contributed by atoms with E-state index >= 15 is 0 Å². The van der Waals surface area contributed by atoms with E-state index in [1.807, 2.05) is 52.9 Å². The van der Waals surface area contributed by atoms with E-state index < -0.39 is 11.7 Å². The van der Waals surface area contributed by atoms with Crippen LogP contribution in [0.2, 0.25) is 0 Å². The number of pyridine rings is 1. The van der Waals surface area contributed by atoms with Gasteiger partial charge in [0.25, 0.3) is 0 Å². The molecule has 1 aromatic heterocycles. The summed E-state index contributed by atoms with van der Waals surface area (Å²) in [4.78, 5) is 16.0. The highest BCUT2D eigenvalue weighted by molar-refractivity contribution is 6.33. The monoisotopic (exact) mass is 256 g/mol. The Morgan fingerprint density at radius 2 is 2.05 bits per heavy atom. The van der Waals surface area contributed by atoms with E-state index in [1.54, 1.807) is 6.20 Å². The molecule has 2 rings (SSSR count). The maximum absolute atomic E-state index is 11.7. The van der Waals surface area contributed by atoms with Crippen LogP contribution in [0.5, 0.6) is 0 Å². The minimum Gasteiger partial charge on any atom is -0.444 e. The molecule has 4 nitrogen and oxygen atoms in total. The van der Waals surface area contributed by atoms with Crippen LogP contribution in [0.1, 0.15) is 20.8 Å². The van der Waals surface area contributed by atoms with Crippen LogP contribution in [0, 0.1) is 0 Å². The van der Waals surface area contributed by atoms with Crippen molar-refractivity contribution < 1.29 is 9.53 Å². The van der Waals surface area contributed by atoms with Gasteiger partial charge in [-0.15, -0.1) is 0 Å². The van der Waals surface area contributed by atoms with Gasteiger partial charge < -0.3 is 4.74 Å². The molecular formula is C14H17BN2O2. The fraction of sp³-hybridized carbons (Fsp3) is 0.286. The number of rotatable bonds is 1. The Balaban J connectivity index is 2.19. The minimum atomic E-state index is -0.509. The van der Waals surface area contributed by atoms with E-state index in [9.17, 15) is 4.79 Å². The van der Waals surface area contributed by atoms with Crippen molar-refractivity contribution in [3.05, 3.63) is 30.5 Å². The molecule has 98 valence electrons. The molecule has 0 aliphatic carbocycles. The number of carbonyl (C=O) groups excluding carboxylic acids is 1. The first-order valence-corrected chi connectivity index (χ1v) is 6.20. The van der Waals surface area contributed by atoms with E-state index in [4.69, 9.17) is 4.74 Å². The van der Waals surface area contributed by atoms with Gasteiger partial charge in [0, 0.05) is 5.39 Å². The van der Waals surface area contributed by atoms with E-state index in [0.717, 1.165) is 16.4 Å². The Hall–Kier alpha value is -2.04. The number of anilines is 1. The highest BCUT2D eigenvalue weighted by Gasteiger charge is 2.16. The smallest absolute Gasteiger partial charge is 0.412 e. The van der Waals surface area contributed by atoms with E-state index in [-0.39, 0.29) is 0 Å².